The minimum Gasteiger partial charge on any atom is -0.465 e. The van der Waals surface area contributed by atoms with Gasteiger partial charge in [0, 0.05) is 0 Å². The molecule has 0 unspecified atom stereocenters. The van der Waals surface area contributed by atoms with Crippen molar-refractivity contribution >= 4 is 5.97 Å². The molecule has 2 heteroatoms. The monoisotopic (exact) mass is 171 g/mol. The fourth-order valence-electron chi connectivity index (χ4n) is 0.540. The third-order valence-corrected chi connectivity index (χ3v) is 1.73. The molecule has 0 aliphatic rings. The van der Waals surface area contributed by atoms with Crippen LogP contribution in [-0.2, 0) is 9.53 Å². The average Bonchev–Trinajstić information content (AvgIpc) is 2.00. The topological polar surface area (TPSA) is 26.3 Å². The molecule has 12 heavy (non-hydrogen) atoms. The summed E-state index contributed by atoms with van der Waals surface area (Å²) in [6.07, 6.45) is 0.573. The van der Waals surface area contributed by atoms with Crippen molar-refractivity contribution < 1.29 is 9.53 Å². The van der Waals surface area contributed by atoms with Crippen LogP contribution in [0.4, 0.5) is 0 Å². The maximum absolute atomic E-state index is 11.3. The highest BCUT2D eigenvalue weighted by molar-refractivity contribution is 5.75. The van der Waals surface area contributed by atoms with Gasteiger partial charge in [0.25, 0.3) is 0 Å². The molecule has 0 aromatic rings. The highest BCUT2D eigenvalue weighted by Crippen LogP contribution is 2.21. The number of carbonyl (C=O) groups excluding carboxylic acids is 1. The molecule has 0 spiro atoms. The Labute approximate surface area is 75.3 Å². The van der Waals surface area contributed by atoms with Gasteiger partial charge in [0.2, 0.25) is 0 Å². The third-order valence-electron chi connectivity index (χ3n) is 1.73. The first kappa shape index (κ1) is 11.5. The zero-order valence-corrected chi connectivity index (χ0v) is 8.52. The predicted molar refractivity (Wildman–Crippen MR) is 49.6 cm³/mol. The van der Waals surface area contributed by atoms with E-state index in [1.54, 1.807) is 0 Å². The summed E-state index contributed by atoms with van der Waals surface area (Å²) < 4.78 is 5.08. The van der Waals surface area contributed by atoms with Crippen LogP contribution < -0.4 is 0 Å². The lowest BCUT2D eigenvalue weighted by Crippen LogP contribution is -2.27. The zero-order chi connectivity index (χ0) is 9.78. The van der Waals surface area contributed by atoms with Crippen molar-refractivity contribution in [1.29, 1.82) is 0 Å². The zero-order valence-electron chi connectivity index (χ0n) is 8.52. The largest absolute Gasteiger partial charge is 0.465 e. The first-order valence-electron chi connectivity index (χ1n) is 4.36. The van der Waals surface area contributed by atoms with Gasteiger partial charge in [0.1, 0.15) is 0 Å². The van der Waals surface area contributed by atoms with Crippen LogP contribution in [0.15, 0.2) is 0 Å². The highest BCUT2D eigenvalue weighted by Gasteiger charge is 2.26. The number of esters is 1. The summed E-state index contributed by atoms with van der Waals surface area (Å²) in [6.45, 7) is 11.9. The van der Waals surface area contributed by atoms with Crippen molar-refractivity contribution in [2.45, 2.75) is 34.1 Å². The number of hydrogen-bond acceptors (Lipinski definition) is 2. The van der Waals surface area contributed by atoms with Crippen molar-refractivity contribution in [2.24, 2.45) is 11.3 Å². The van der Waals surface area contributed by atoms with Crippen molar-refractivity contribution in [3.63, 3.8) is 0 Å². The van der Waals surface area contributed by atoms with E-state index in [-0.39, 0.29) is 5.97 Å². The van der Waals surface area contributed by atoms with E-state index in [2.05, 4.69) is 6.92 Å². The van der Waals surface area contributed by atoms with E-state index in [1.165, 1.54) is 0 Å². The second-order valence-corrected chi connectivity index (χ2v) is 4.13. The van der Waals surface area contributed by atoms with Gasteiger partial charge in [-0.3, -0.25) is 4.79 Å². The smallest absolute Gasteiger partial charge is 0.311 e. The molecule has 0 atom stereocenters. The Bertz CT molecular complexity index is 148. The molecule has 0 rings (SSSR count). The molecule has 2 nitrogen and oxygen atoms in total. The van der Waals surface area contributed by atoms with Crippen LogP contribution in [0.25, 0.3) is 0 Å². The Morgan fingerprint density at radius 3 is 2.33 bits per heavy atom. The van der Waals surface area contributed by atoms with Gasteiger partial charge in [-0.05, 0) is 26.2 Å². The van der Waals surface area contributed by atoms with Crippen LogP contribution >= 0.6 is 0 Å². The molecule has 0 aliphatic carbocycles. The van der Waals surface area contributed by atoms with Gasteiger partial charge in [-0.25, -0.2) is 0 Å². The molecule has 0 saturated carbocycles. The molecule has 0 bridgehead atoms. The lowest BCUT2D eigenvalue weighted by molar-refractivity contribution is -0.154. The fourth-order valence-corrected chi connectivity index (χ4v) is 0.540. The van der Waals surface area contributed by atoms with Crippen molar-refractivity contribution in [2.75, 3.05) is 6.61 Å². The van der Waals surface area contributed by atoms with E-state index in [0.29, 0.717) is 18.9 Å². The molecule has 0 aromatic carbocycles. The minimum atomic E-state index is -0.436. The summed E-state index contributed by atoms with van der Waals surface area (Å²) in [6, 6.07) is 0. The Morgan fingerprint density at radius 2 is 2.00 bits per heavy atom. The summed E-state index contributed by atoms with van der Waals surface area (Å²) in [7, 11) is 0. The van der Waals surface area contributed by atoms with E-state index in [1.807, 2.05) is 27.7 Å². The lowest BCUT2D eigenvalue weighted by atomic mass is 9.91. The van der Waals surface area contributed by atoms with Crippen molar-refractivity contribution in [3.05, 3.63) is 6.92 Å². The Kier molecular flexibility index (Phi) is 4.29. The predicted octanol–water partition coefficient (Wildman–Crippen LogP) is 2.44. The summed E-state index contributed by atoms with van der Waals surface area (Å²) in [5.74, 6) is 0.251. The van der Waals surface area contributed by atoms with Crippen molar-refractivity contribution in [1.82, 2.24) is 0 Å². The Morgan fingerprint density at radius 1 is 1.50 bits per heavy atom. The second kappa shape index (κ2) is 4.48. The minimum absolute atomic E-state index is 0.147. The summed E-state index contributed by atoms with van der Waals surface area (Å²) in [4.78, 5) is 11.3. The number of carbonyl (C=O) groups is 1. The maximum atomic E-state index is 11.3. The van der Waals surface area contributed by atoms with Crippen LogP contribution in [0.3, 0.4) is 0 Å². The molecule has 0 aliphatic heterocycles. The fraction of sp³-hybridized carbons (Fsp3) is 0.800. The quantitative estimate of drug-likeness (QED) is 0.607. The molecule has 0 aromatic heterocycles. The molecule has 0 saturated heterocycles. The number of ether oxygens (including phenoxy) is 1. The van der Waals surface area contributed by atoms with Crippen molar-refractivity contribution in [3.8, 4) is 0 Å². The molecular formula is C10H19O2. The van der Waals surface area contributed by atoms with E-state index < -0.39 is 5.41 Å². The summed E-state index contributed by atoms with van der Waals surface area (Å²) in [5.41, 5.74) is -0.436. The molecule has 0 fully saturated rings. The molecule has 0 heterocycles. The second-order valence-electron chi connectivity index (χ2n) is 4.13. The SMILES string of the molecule is [CH2]CC(C)(C)C(=O)OCC(C)C. The maximum Gasteiger partial charge on any atom is 0.311 e. The van der Waals surface area contributed by atoms with Gasteiger partial charge in [-0.2, -0.15) is 0 Å². The normalized spacial score (nSPS) is 11.8. The van der Waals surface area contributed by atoms with E-state index in [0.717, 1.165) is 0 Å². The van der Waals surface area contributed by atoms with Gasteiger partial charge in [0.05, 0.1) is 12.0 Å². The Balaban J connectivity index is 3.88. The van der Waals surface area contributed by atoms with E-state index in [4.69, 9.17) is 4.74 Å². The van der Waals surface area contributed by atoms with Gasteiger partial charge in [-0.1, -0.05) is 20.8 Å². The van der Waals surface area contributed by atoms with E-state index >= 15 is 0 Å². The van der Waals surface area contributed by atoms with Gasteiger partial charge >= 0.3 is 5.97 Å². The number of hydrogen-bond donors (Lipinski definition) is 0. The van der Waals surface area contributed by atoms with Crippen LogP contribution in [0.5, 0.6) is 0 Å². The molecule has 0 amide bonds. The lowest BCUT2D eigenvalue weighted by Gasteiger charge is -2.20. The van der Waals surface area contributed by atoms with Gasteiger partial charge < -0.3 is 4.74 Å². The summed E-state index contributed by atoms with van der Waals surface area (Å²) in [5, 5.41) is 0. The molecule has 0 N–H and O–H groups in total. The van der Waals surface area contributed by atoms with Gasteiger partial charge in [0.15, 0.2) is 0 Å². The molecular weight excluding hydrogens is 152 g/mol. The molecule has 1 radical (unpaired) electrons. The average molecular weight is 171 g/mol. The standard InChI is InChI=1S/C10H19O2/c1-6-10(4,5)9(11)12-7-8(2)3/h8H,1,6-7H2,2-5H3. The molecule has 71 valence electrons. The van der Waals surface area contributed by atoms with Gasteiger partial charge in [-0.15, -0.1) is 0 Å². The number of rotatable bonds is 4. The first-order chi connectivity index (χ1) is 5.40. The Hall–Kier alpha value is -0.530. The van der Waals surface area contributed by atoms with Crippen LogP contribution in [-0.4, -0.2) is 12.6 Å². The summed E-state index contributed by atoms with van der Waals surface area (Å²) >= 11 is 0. The van der Waals surface area contributed by atoms with Crippen LogP contribution in [0.2, 0.25) is 0 Å². The van der Waals surface area contributed by atoms with E-state index in [9.17, 15) is 4.79 Å². The van der Waals surface area contributed by atoms with Crippen LogP contribution in [0, 0.1) is 18.3 Å². The first-order valence-corrected chi connectivity index (χ1v) is 4.36. The van der Waals surface area contributed by atoms with Crippen LogP contribution in [0.1, 0.15) is 34.1 Å². The third kappa shape index (κ3) is 3.74. The highest BCUT2D eigenvalue weighted by atomic mass is 16.5.